The van der Waals surface area contributed by atoms with E-state index in [9.17, 15) is 9.90 Å². The van der Waals surface area contributed by atoms with Crippen LogP contribution in [0.1, 0.15) is 32.6 Å². The molecule has 1 aliphatic carbocycles. The second kappa shape index (κ2) is 3.90. The maximum Gasteiger partial charge on any atom is 0.306 e. The van der Waals surface area contributed by atoms with Gasteiger partial charge >= 0.3 is 5.97 Å². The molecule has 3 atom stereocenters. The molecule has 1 fully saturated rings. The lowest BCUT2D eigenvalue weighted by Crippen LogP contribution is -2.33. The van der Waals surface area contributed by atoms with E-state index in [0.717, 1.165) is 25.7 Å². The largest absolute Gasteiger partial charge is 0.481 e. The van der Waals surface area contributed by atoms with Crippen LogP contribution >= 0.6 is 0 Å². The zero-order valence-corrected chi connectivity index (χ0v) is 7.36. The number of carboxylic acid groups (broad SMARTS) is 1. The predicted molar refractivity (Wildman–Crippen MR) is 44.8 cm³/mol. The van der Waals surface area contributed by atoms with Crippen LogP contribution in [0, 0.1) is 11.8 Å². The zero-order valence-electron chi connectivity index (χ0n) is 7.36. The van der Waals surface area contributed by atoms with E-state index in [2.05, 4.69) is 0 Å². The average Bonchev–Trinajstić information content (AvgIpc) is 2.04. The third kappa shape index (κ3) is 1.97. The first-order valence-corrected chi connectivity index (χ1v) is 4.54. The Labute approximate surface area is 72.4 Å². The molecule has 12 heavy (non-hydrogen) atoms. The first-order valence-electron chi connectivity index (χ1n) is 4.54. The summed E-state index contributed by atoms with van der Waals surface area (Å²) in [4.78, 5) is 10.6. The zero-order chi connectivity index (χ0) is 9.14. The minimum absolute atomic E-state index is 0.0313. The molecule has 2 N–H and O–H groups in total. The molecule has 1 rings (SSSR count). The Morgan fingerprint density at radius 2 is 2.00 bits per heavy atom. The number of hydrogen-bond donors (Lipinski definition) is 2. The number of hydrogen-bond acceptors (Lipinski definition) is 2. The minimum Gasteiger partial charge on any atom is -0.481 e. The highest BCUT2D eigenvalue weighted by atomic mass is 16.4. The van der Waals surface area contributed by atoms with Crippen molar-refractivity contribution in [3.63, 3.8) is 0 Å². The van der Waals surface area contributed by atoms with Crippen LogP contribution in [0.25, 0.3) is 0 Å². The van der Waals surface area contributed by atoms with Crippen molar-refractivity contribution in [2.75, 3.05) is 0 Å². The maximum absolute atomic E-state index is 10.6. The Balaban J connectivity index is 2.53. The third-order valence-corrected chi connectivity index (χ3v) is 2.81. The molecule has 1 saturated carbocycles. The minimum atomic E-state index is -0.791. The lowest BCUT2D eigenvalue weighted by Gasteiger charge is -2.30. The molecule has 70 valence electrons. The van der Waals surface area contributed by atoms with E-state index < -0.39 is 18.0 Å². The number of carbonyl (C=O) groups is 1. The van der Waals surface area contributed by atoms with E-state index >= 15 is 0 Å². The maximum atomic E-state index is 10.6. The van der Waals surface area contributed by atoms with E-state index in [0.29, 0.717) is 0 Å². The van der Waals surface area contributed by atoms with Crippen molar-refractivity contribution in [1.82, 2.24) is 0 Å². The first kappa shape index (κ1) is 9.52. The van der Waals surface area contributed by atoms with Crippen LogP contribution in [-0.2, 0) is 4.79 Å². The number of rotatable bonds is 2. The summed E-state index contributed by atoms with van der Waals surface area (Å²) >= 11 is 0. The SMILES string of the molecule is CC(C(=O)O)C1CCCCC1O. The van der Waals surface area contributed by atoms with Gasteiger partial charge in [-0.3, -0.25) is 4.79 Å². The van der Waals surface area contributed by atoms with Gasteiger partial charge in [-0.2, -0.15) is 0 Å². The Morgan fingerprint density at radius 1 is 1.42 bits per heavy atom. The molecule has 0 bridgehead atoms. The highest BCUT2D eigenvalue weighted by Crippen LogP contribution is 2.30. The molecule has 0 aromatic rings. The van der Waals surface area contributed by atoms with Crippen LogP contribution in [0.15, 0.2) is 0 Å². The molecule has 0 aromatic carbocycles. The van der Waals surface area contributed by atoms with E-state index in [1.807, 2.05) is 0 Å². The summed E-state index contributed by atoms with van der Waals surface area (Å²) in [5.74, 6) is -1.22. The van der Waals surface area contributed by atoms with Gasteiger partial charge in [-0.05, 0) is 18.8 Å². The molecule has 0 radical (unpaired) electrons. The fourth-order valence-corrected chi connectivity index (χ4v) is 1.91. The van der Waals surface area contributed by atoms with Crippen LogP contribution in [0.3, 0.4) is 0 Å². The summed E-state index contributed by atoms with van der Waals surface area (Å²) in [6, 6.07) is 0. The average molecular weight is 172 g/mol. The lowest BCUT2D eigenvalue weighted by molar-refractivity contribution is -0.145. The van der Waals surface area contributed by atoms with Crippen molar-refractivity contribution in [2.45, 2.75) is 38.7 Å². The first-order chi connectivity index (χ1) is 5.63. The molecule has 3 nitrogen and oxygen atoms in total. The van der Waals surface area contributed by atoms with Gasteiger partial charge in [-0.15, -0.1) is 0 Å². The molecule has 0 aliphatic heterocycles. The Bertz CT molecular complexity index is 167. The summed E-state index contributed by atoms with van der Waals surface area (Å²) in [5.41, 5.74) is 0. The summed E-state index contributed by atoms with van der Waals surface area (Å²) in [5, 5.41) is 18.3. The molecular weight excluding hydrogens is 156 g/mol. The number of aliphatic hydroxyl groups excluding tert-OH is 1. The topological polar surface area (TPSA) is 57.5 Å². The van der Waals surface area contributed by atoms with Crippen molar-refractivity contribution < 1.29 is 15.0 Å². The van der Waals surface area contributed by atoms with Crippen LogP contribution in [0.5, 0.6) is 0 Å². The molecular formula is C9H16O3. The quantitative estimate of drug-likeness (QED) is 0.659. The van der Waals surface area contributed by atoms with E-state index in [-0.39, 0.29) is 5.92 Å². The monoisotopic (exact) mass is 172 g/mol. The Kier molecular flexibility index (Phi) is 3.09. The number of aliphatic carboxylic acids is 1. The number of aliphatic hydroxyl groups is 1. The molecule has 0 spiro atoms. The molecule has 3 unspecified atom stereocenters. The standard InChI is InChI=1S/C9H16O3/c1-6(9(11)12)7-4-2-3-5-8(7)10/h6-8,10H,2-5H2,1H3,(H,11,12). The van der Waals surface area contributed by atoms with Crippen LogP contribution in [-0.4, -0.2) is 22.3 Å². The van der Waals surface area contributed by atoms with Gasteiger partial charge in [0, 0.05) is 0 Å². The second-order valence-electron chi connectivity index (χ2n) is 3.64. The van der Waals surface area contributed by atoms with Gasteiger partial charge in [0.2, 0.25) is 0 Å². The summed E-state index contributed by atoms with van der Waals surface area (Å²) < 4.78 is 0. The van der Waals surface area contributed by atoms with E-state index in [1.54, 1.807) is 6.92 Å². The highest BCUT2D eigenvalue weighted by Gasteiger charge is 2.31. The van der Waals surface area contributed by atoms with Crippen LogP contribution in [0.4, 0.5) is 0 Å². The summed E-state index contributed by atoms with van der Waals surface area (Å²) in [6.45, 7) is 1.68. The van der Waals surface area contributed by atoms with Gasteiger partial charge in [0.25, 0.3) is 0 Å². The second-order valence-corrected chi connectivity index (χ2v) is 3.64. The van der Waals surface area contributed by atoms with Gasteiger partial charge in [0.15, 0.2) is 0 Å². The van der Waals surface area contributed by atoms with Gasteiger partial charge < -0.3 is 10.2 Å². The molecule has 3 heteroatoms. The van der Waals surface area contributed by atoms with Crippen LogP contribution in [0.2, 0.25) is 0 Å². The van der Waals surface area contributed by atoms with Crippen molar-refractivity contribution in [3.8, 4) is 0 Å². The predicted octanol–water partition coefficient (Wildman–Crippen LogP) is 1.26. The summed E-state index contributed by atoms with van der Waals surface area (Å²) in [7, 11) is 0. The molecule has 0 amide bonds. The Morgan fingerprint density at radius 3 is 2.50 bits per heavy atom. The van der Waals surface area contributed by atoms with Crippen molar-refractivity contribution in [3.05, 3.63) is 0 Å². The Hall–Kier alpha value is -0.570. The molecule has 0 heterocycles. The van der Waals surface area contributed by atoms with Gasteiger partial charge in [-0.25, -0.2) is 0 Å². The normalized spacial score (nSPS) is 32.8. The van der Waals surface area contributed by atoms with E-state index in [4.69, 9.17) is 5.11 Å². The van der Waals surface area contributed by atoms with Crippen molar-refractivity contribution >= 4 is 5.97 Å². The van der Waals surface area contributed by atoms with Crippen molar-refractivity contribution in [2.24, 2.45) is 11.8 Å². The van der Waals surface area contributed by atoms with Gasteiger partial charge in [0.05, 0.1) is 12.0 Å². The smallest absolute Gasteiger partial charge is 0.306 e. The van der Waals surface area contributed by atoms with Gasteiger partial charge in [0.1, 0.15) is 0 Å². The number of carboxylic acids is 1. The third-order valence-electron chi connectivity index (χ3n) is 2.81. The molecule has 0 aromatic heterocycles. The lowest BCUT2D eigenvalue weighted by atomic mass is 9.79. The highest BCUT2D eigenvalue weighted by molar-refractivity contribution is 5.69. The molecule has 1 aliphatic rings. The summed E-state index contributed by atoms with van der Waals surface area (Å²) in [6.07, 6.45) is 3.31. The van der Waals surface area contributed by atoms with E-state index in [1.165, 1.54) is 0 Å². The fourth-order valence-electron chi connectivity index (χ4n) is 1.91. The van der Waals surface area contributed by atoms with Crippen molar-refractivity contribution in [1.29, 1.82) is 0 Å². The molecule has 0 saturated heterocycles. The van der Waals surface area contributed by atoms with Crippen LogP contribution < -0.4 is 0 Å². The fraction of sp³-hybridized carbons (Fsp3) is 0.889. The van der Waals surface area contributed by atoms with Gasteiger partial charge in [-0.1, -0.05) is 19.8 Å².